The van der Waals surface area contributed by atoms with Crippen molar-refractivity contribution in [2.75, 3.05) is 0 Å². The van der Waals surface area contributed by atoms with Crippen LogP contribution in [0.3, 0.4) is 0 Å². The molecule has 5 heteroatoms. The van der Waals surface area contributed by atoms with E-state index in [0.29, 0.717) is 39.5 Å². The minimum atomic E-state index is -0.366. The van der Waals surface area contributed by atoms with E-state index in [1.807, 2.05) is 121 Å². The van der Waals surface area contributed by atoms with Crippen LogP contribution in [0.25, 0.3) is 100 Å². The summed E-state index contributed by atoms with van der Waals surface area (Å²) in [6.45, 7) is 0. The summed E-state index contributed by atoms with van der Waals surface area (Å²) >= 11 is 0. The first-order chi connectivity index (χ1) is 27.3. The molecule has 3 aromatic heterocycles. The zero-order valence-corrected chi connectivity index (χ0v) is 26.3. The van der Waals surface area contributed by atoms with Gasteiger partial charge in [0, 0.05) is 43.8 Å². The molecule has 50 heavy (non-hydrogen) atoms. The predicted octanol–water partition coefficient (Wildman–Crippen LogP) is 12.0. The smallest absolute Gasteiger partial charge is 0.164 e. The fraction of sp³-hybridized carbons (Fsp3) is 0. The first-order valence-corrected chi connectivity index (χ1v) is 16.1. The summed E-state index contributed by atoms with van der Waals surface area (Å²) < 4.78 is 67.3. The molecule has 10 aromatic rings. The molecule has 0 fully saturated rings. The minimum absolute atomic E-state index is 0.0101. The Morgan fingerprint density at radius 2 is 1.00 bits per heavy atom. The normalized spacial score (nSPS) is 13.3. The van der Waals surface area contributed by atoms with Crippen LogP contribution in [0.15, 0.2) is 172 Å². The predicted molar refractivity (Wildman–Crippen MR) is 202 cm³/mol. The number of aromatic nitrogens is 3. The van der Waals surface area contributed by atoms with Crippen molar-refractivity contribution in [2.45, 2.75) is 0 Å². The first kappa shape index (κ1) is 22.7. The average molecular weight is 648 g/mol. The molecule has 0 spiro atoms. The van der Waals surface area contributed by atoms with Crippen LogP contribution in [-0.2, 0) is 0 Å². The van der Waals surface area contributed by atoms with Gasteiger partial charge in [-0.1, -0.05) is 133 Å². The molecule has 0 N–H and O–H groups in total. The number of hydrogen-bond acceptors (Lipinski definition) is 5. The number of para-hydroxylation sites is 2. The van der Waals surface area contributed by atoms with Crippen molar-refractivity contribution >= 4 is 43.9 Å². The van der Waals surface area contributed by atoms with Gasteiger partial charge in [-0.15, -0.1) is 0 Å². The summed E-state index contributed by atoms with van der Waals surface area (Å²) in [5.41, 5.74) is 5.42. The van der Waals surface area contributed by atoms with E-state index >= 15 is 0 Å². The van der Waals surface area contributed by atoms with Crippen molar-refractivity contribution < 1.29 is 17.1 Å². The quantitative estimate of drug-likeness (QED) is 0.186. The Kier molecular flexibility index (Phi) is 5.17. The SMILES string of the molecule is [2H]c1c([2H])c([2H])c2c(oc3c([2H])c(-c4nc(-c5ccccc5)nc(-c5ccc(-c6ccccc6)cc5)n4)c([2H])c([2H])c32)c1-c1ccc2c(c1)oc1ccccc12. The lowest BCUT2D eigenvalue weighted by Crippen LogP contribution is -2.00. The summed E-state index contributed by atoms with van der Waals surface area (Å²) in [5, 5.41) is 1.94. The van der Waals surface area contributed by atoms with Gasteiger partial charge in [-0.25, -0.2) is 15.0 Å². The van der Waals surface area contributed by atoms with E-state index in [2.05, 4.69) is 0 Å². The van der Waals surface area contributed by atoms with E-state index in [4.69, 9.17) is 27.9 Å². The topological polar surface area (TPSA) is 65.0 Å². The number of fused-ring (bicyclic) bond motifs is 6. The van der Waals surface area contributed by atoms with Crippen LogP contribution in [0.2, 0.25) is 0 Å². The summed E-state index contributed by atoms with van der Waals surface area (Å²) in [6.07, 6.45) is 0. The van der Waals surface area contributed by atoms with Crippen LogP contribution >= 0.6 is 0 Å². The van der Waals surface area contributed by atoms with Gasteiger partial charge in [-0.3, -0.25) is 0 Å². The van der Waals surface area contributed by atoms with Crippen LogP contribution in [0.1, 0.15) is 8.22 Å². The highest BCUT2D eigenvalue weighted by atomic mass is 16.3. The van der Waals surface area contributed by atoms with E-state index in [9.17, 15) is 4.11 Å². The van der Waals surface area contributed by atoms with Crippen LogP contribution in [0, 0.1) is 0 Å². The summed E-state index contributed by atoms with van der Waals surface area (Å²) in [6, 6.07) is 38.4. The highest BCUT2D eigenvalue weighted by molar-refractivity contribution is 6.11. The molecule has 10 rings (SSSR count). The molecule has 5 nitrogen and oxygen atoms in total. The second kappa shape index (κ2) is 11.4. The lowest BCUT2D eigenvalue weighted by molar-refractivity contribution is 0.668. The lowest BCUT2D eigenvalue weighted by atomic mass is 10.0. The van der Waals surface area contributed by atoms with Gasteiger partial charge >= 0.3 is 0 Å². The monoisotopic (exact) mass is 647 g/mol. The van der Waals surface area contributed by atoms with Crippen LogP contribution in [0.4, 0.5) is 0 Å². The van der Waals surface area contributed by atoms with Crippen LogP contribution in [0.5, 0.6) is 0 Å². The van der Waals surface area contributed by atoms with E-state index < -0.39 is 0 Å². The highest BCUT2D eigenvalue weighted by Gasteiger charge is 2.17. The van der Waals surface area contributed by atoms with Crippen molar-refractivity contribution in [1.82, 2.24) is 15.0 Å². The zero-order valence-electron chi connectivity index (χ0n) is 32.3. The van der Waals surface area contributed by atoms with Gasteiger partial charge in [-0.2, -0.15) is 0 Å². The number of furan rings is 2. The summed E-state index contributed by atoms with van der Waals surface area (Å²) in [4.78, 5) is 14.3. The van der Waals surface area contributed by atoms with E-state index in [-0.39, 0.29) is 75.1 Å². The summed E-state index contributed by atoms with van der Waals surface area (Å²) in [5.74, 6) is 0.649. The van der Waals surface area contributed by atoms with Gasteiger partial charge in [0.1, 0.15) is 22.3 Å². The fourth-order valence-electron chi connectivity index (χ4n) is 6.39. The molecule has 3 heterocycles. The van der Waals surface area contributed by atoms with Crippen LogP contribution < -0.4 is 0 Å². The molecule has 0 atom stereocenters. The largest absolute Gasteiger partial charge is 0.456 e. The molecule has 0 unspecified atom stereocenters. The van der Waals surface area contributed by atoms with Crippen molar-refractivity contribution in [3.05, 3.63) is 164 Å². The van der Waals surface area contributed by atoms with Crippen molar-refractivity contribution in [3.63, 3.8) is 0 Å². The standard InChI is InChI=1S/C45H27N3O2/c1-3-10-28(11-4-1)29-18-20-31(21-19-29)44-46-43(30-12-5-2-6-13-30)47-45(48-44)33-23-25-37-38-16-9-15-34(42(38)50-41(37)27-33)32-22-24-36-35-14-7-8-17-39(35)49-40(36)26-32/h1-27H/i9D,15D,16D,23D,25D,27D. The zero-order chi connectivity index (χ0) is 38.2. The third-order valence-corrected chi connectivity index (χ3v) is 8.87. The van der Waals surface area contributed by atoms with Crippen molar-refractivity contribution in [3.8, 4) is 56.4 Å². The Morgan fingerprint density at radius 3 is 1.78 bits per heavy atom. The lowest BCUT2D eigenvalue weighted by Gasteiger charge is -2.09. The molecule has 7 aromatic carbocycles. The maximum absolute atomic E-state index is 9.48. The second-order valence-electron chi connectivity index (χ2n) is 11.9. The maximum Gasteiger partial charge on any atom is 0.164 e. The third kappa shape index (κ3) is 4.75. The summed E-state index contributed by atoms with van der Waals surface area (Å²) in [7, 11) is 0. The third-order valence-electron chi connectivity index (χ3n) is 8.87. The molecule has 0 amide bonds. The van der Waals surface area contributed by atoms with E-state index in [0.717, 1.165) is 21.9 Å². The molecular formula is C45H27N3O2. The van der Waals surface area contributed by atoms with Gasteiger partial charge < -0.3 is 8.83 Å². The Bertz CT molecular complexity index is 3200. The first-order valence-electron chi connectivity index (χ1n) is 19.1. The van der Waals surface area contributed by atoms with Crippen LogP contribution in [-0.4, -0.2) is 15.0 Å². The Morgan fingerprint density at radius 1 is 0.400 bits per heavy atom. The highest BCUT2D eigenvalue weighted by Crippen LogP contribution is 2.39. The van der Waals surface area contributed by atoms with Crippen molar-refractivity contribution in [1.29, 1.82) is 0 Å². The van der Waals surface area contributed by atoms with Gasteiger partial charge in [0.25, 0.3) is 0 Å². The second-order valence-corrected chi connectivity index (χ2v) is 11.9. The molecule has 0 bridgehead atoms. The molecular weight excluding hydrogens is 615 g/mol. The molecule has 234 valence electrons. The van der Waals surface area contributed by atoms with Gasteiger partial charge in [0.05, 0.1) is 8.22 Å². The Hall–Kier alpha value is -6.85. The van der Waals surface area contributed by atoms with Crippen molar-refractivity contribution in [2.24, 2.45) is 0 Å². The van der Waals surface area contributed by atoms with Gasteiger partial charge in [-0.05, 0) is 47.0 Å². The molecule has 0 radical (unpaired) electrons. The average Bonchev–Trinajstić information content (AvgIpc) is 3.82. The maximum atomic E-state index is 9.48. The molecule has 0 aliphatic heterocycles. The molecule has 0 aliphatic rings. The number of nitrogens with zero attached hydrogens (tertiary/aromatic N) is 3. The Labute approximate surface area is 295 Å². The van der Waals surface area contributed by atoms with Gasteiger partial charge in [0.15, 0.2) is 17.5 Å². The minimum Gasteiger partial charge on any atom is -0.456 e. The number of hydrogen-bond donors (Lipinski definition) is 0. The Balaban J connectivity index is 1.19. The van der Waals surface area contributed by atoms with E-state index in [1.54, 1.807) is 6.07 Å². The molecule has 0 aliphatic carbocycles. The van der Waals surface area contributed by atoms with Gasteiger partial charge in [0.2, 0.25) is 0 Å². The molecule has 0 saturated heterocycles. The molecule has 0 saturated carbocycles. The number of benzene rings is 7. The fourth-order valence-corrected chi connectivity index (χ4v) is 6.39. The van der Waals surface area contributed by atoms with E-state index in [1.165, 1.54) is 0 Å². The number of rotatable bonds is 5.